The van der Waals surface area contributed by atoms with Gasteiger partial charge in [-0.3, -0.25) is 0 Å². The van der Waals surface area contributed by atoms with E-state index in [1.807, 2.05) is 0 Å². The van der Waals surface area contributed by atoms with Crippen molar-refractivity contribution in [3.8, 4) is 0 Å². The van der Waals surface area contributed by atoms with Crippen molar-refractivity contribution in [1.29, 1.82) is 0 Å². The molecule has 0 aliphatic heterocycles. The topological polar surface area (TPSA) is 69.1 Å². The third-order valence-corrected chi connectivity index (χ3v) is 2.83. The van der Waals surface area contributed by atoms with Gasteiger partial charge in [0.2, 0.25) is 4.96 Å². The first-order valence-corrected chi connectivity index (χ1v) is 5.02. The molecular weight excluding hydrogens is 186 g/mol. The molecule has 0 aliphatic carbocycles. The van der Waals surface area contributed by atoms with Crippen LogP contribution in [0, 0.1) is 0 Å². The molecule has 0 radical (unpaired) electrons. The molecule has 2 N–H and O–H groups in total. The summed E-state index contributed by atoms with van der Waals surface area (Å²) in [6.45, 7) is 2.07. The minimum Gasteiger partial charge on any atom is -0.327 e. The summed E-state index contributed by atoms with van der Waals surface area (Å²) in [5, 5.41) is 12.9. The lowest BCUT2D eigenvalue weighted by Gasteiger charge is -2.03. The van der Waals surface area contributed by atoms with Crippen LogP contribution in [0.25, 0.3) is 4.96 Å². The van der Waals surface area contributed by atoms with Crippen molar-refractivity contribution in [1.82, 2.24) is 19.8 Å². The third kappa shape index (κ3) is 1.68. The van der Waals surface area contributed by atoms with Crippen LogP contribution in [-0.4, -0.2) is 25.9 Å². The van der Waals surface area contributed by atoms with Gasteiger partial charge in [-0.1, -0.05) is 18.3 Å². The summed E-state index contributed by atoms with van der Waals surface area (Å²) in [6.07, 6.45) is 3.40. The number of hydrogen-bond acceptors (Lipinski definition) is 5. The summed E-state index contributed by atoms with van der Waals surface area (Å²) in [4.78, 5) is 0.832. The zero-order valence-electron chi connectivity index (χ0n) is 7.34. The molecule has 13 heavy (non-hydrogen) atoms. The van der Waals surface area contributed by atoms with E-state index in [0.717, 1.165) is 22.8 Å². The quantitative estimate of drug-likeness (QED) is 0.776. The van der Waals surface area contributed by atoms with Crippen molar-refractivity contribution in [2.45, 2.75) is 25.8 Å². The Morgan fingerprint density at radius 3 is 3.23 bits per heavy atom. The van der Waals surface area contributed by atoms with Crippen LogP contribution in [0.4, 0.5) is 0 Å². The van der Waals surface area contributed by atoms with Gasteiger partial charge in [0, 0.05) is 12.5 Å². The van der Waals surface area contributed by atoms with Gasteiger partial charge in [-0.15, -0.1) is 10.2 Å². The highest BCUT2D eigenvalue weighted by Gasteiger charge is 2.08. The highest BCUT2D eigenvalue weighted by molar-refractivity contribution is 7.16. The molecule has 1 unspecified atom stereocenters. The Morgan fingerprint density at radius 1 is 1.69 bits per heavy atom. The third-order valence-electron chi connectivity index (χ3n) is 1.89. The Morgan fingerprint density at radius 2 is 2.54 bits per heavy atom. The molecule has 0 saturated heterocycles. The minimum absolute atomic E-state index is 0.198. The summed E-state index contributed by atoms with van der Waals surface area (Å²) < 4.78 is 1.68. The molecular formula is C7H11N5S. The van der Waals surface area contributed by atoms with Gasteiger partial charge in [-0.05, 0) is 6.42 Å². The molecule has 2 heterocycles. The van der Waals surface area contributed by atoms with Gasteiger partial charge in [0.15, 0.2) is 0 Å². The fourth-order valence-electron chi connectivity index (χ4n) is 1.05. The molecule has 0 aromatic carbocycles. The lowest BCUT2D eigenvalue weighted by molar-refractivity contribution is 0.637. The second-order valence-electron chi connectivity index (χ2n) is 2.93. The maximum absolute atomic E-state index is 5.82. The van der Waals surface area contributed by atoms with Crippen LogP contribution in [0.1, 0.15) is 18.4 Å². The molecule has 0 saturated carbocycles. The van der Waals surface area contributed by atoms with Crippen molar-refractivity contribution in [2.24, 2.45) is 5.73 Å². The van der Waals surface area contributed by atoms with Crippen LogP contribution in [-0.2, 0) is 6.42 Å². The van der Waals surface area contributed by atoms with Gasteiger partial charge in [-0.2, -0.15) is 9.61 Å². The standard InChI is InChI=1S/C7H11N5S/c1-2-5(8)3-6-11-12-4-9-10-7(12)13-6/h4-5H,2-3,8H2,1H3. The van der Waals surface area contributed by atoms with Crippen LogP contribution in [0.5, 0.6) is 0 Å². The summed E-state index contributed by atoms with van der Waals surface area (Å²) in [5.74, 6) is 0. The van der Waals surface area contributed by atoms with Gasteiger partial charge < -0.3 is 5.73 Å². The fourth-order valence-corrected chi connectivity index (χ4v) is 1.96. The SMILES string of the molecule is CCC(N)Cc1nn2cnnc2s1. The van der Waals surface area contributed by atoms with Crippen molar-refractivity contribution in [3.63, 3.8) is 0 Å². The average Bonchev–Trinajstić information content (AvgIpc) is 2.63. The van der Waals surface area contributed by atoms with E-state index in [-0.39, 0.29) is 6.04 Å². The van der Waals surface area contributed by atoms with Crippen molar-refractivity contribution < 1.29 is 0 Å². The smallest absolute Gasteiger partial charge is 0.234 e. The largest absolute Gasteiger partial charge is 0.327 e. The zero-order valence-corrected chi connectivity index (χ0v) is 8.16. The van der Waals surface area contributed by atoms with Crippen LogP contribution in [0.15, 0.2) is 6.33 Å². The van der Waals surface area contributed by atoms with Crippen LogP contribution < -0.4 is 5.73 Å². The summed E-state index contributed by atoms with van der Waals surface area (Å²) in [6, 6.07) is 0.198. The van der Waals surface area contributed by atoms with E-state index in [9.17, 15) is 0 Å². The van der Waals surface area contributed by atoms with Crippen molar-refractivity contribution >= 4 is 16.3 Å². The van der Waals surface area contributed by atoms with E-state index in [2.05, 4.69) is 22.2 Å². The summed E-state index contributed by atoms with van der Waals surface area (Å²) in [5.41, 5.74) is 5.82. The normalized spacial score (nSPS) is 13.7. The maximum atomic E-state index is 5.82. The molecule has 2 aromatic rings. The number of aromatic nitrogens is 4. The molecule has 70 valence electrons. The van der Waals surface area contributed by atoms with Crippen molar-refractivity contribution in [3.05, 3.63) is 11.3 Å². The average molecular weight is 197 g/mol. The van der Waals surface area contributed by atoms with Gasteiger partial charge in [0.25, 0.3) is 0 Å². The first-order valence-electron chi connectivity index (χ1n) is 4.21. The van der Waals surface area contributed by atoms with E-state index < -0.39 is 0 Å². The Kier molecular flexibility index (Phi) is 2.24. The zero-order chi connectivity index (χ0) is 9.26. The molecule has 0 aliphatic rings. The molecule has 2 aromatic heterocycles. The van der Waals surface area contributed by atoms with E-state index in [1.54, 1.807) is 22.2 Å². The molecule has 0 fully saturated rings. The lowest BCUT2D eigenvalue weighted by atomic mass is 10.2. The number of hydrogen-bond donors (Lipinski definition) is 1. The fraction of sp³-hybridized carbons (Fsp3) is 0.571. The predicted octanol–water partition coefficient (Wildman–Crippen LogP) is 0.466. The van der Waals surface area contributed by atoms with Crippen molar-refractivity contribution in [2.75, 3.05) is 0 Å². The monoisotopic (exact) mass is 197 g/mol. The molecule has 0 bridgehead atoms. The van der Waals surface area contributed by atoms with E-state index in [4.69, 9.17) is 5.73 Å². The molecule has 0 amide bonds. The highest BCUT2D eigenvalue weighted by Crippen LogP contribution is 2.13. The first-order chi connectivity index (χ1) is 6.29. The van der Waals surface area contributed by atoms with Crippen LogP contribution >= 0.6 is 11.3 Å². The minimum atomic E-state index is 0.198. The Bertz CT molecular complexity index is 364. The van der Waals surface area contributed by atoms with Crippen LogP contribution in [0.3, 0.4) is 0 Å². The molecule has 1 atom stereocenters. The number of rotatable bonds is 3. The van der Waals surface area contributed by atoms with E-state index in [0.29, 0.717) is 0 Å². The highest BCUT2D eigenvalue weighted by atomic mass is 32.1. The second kappa shape index (κ2) is 3.39. The molecule has 6 heteroatoms. The second-order valence-corrected chi connectivity index (χ2v) is 3.97. The van der Waals surface area contributed by atoms with E-state index in [1.165, 1.54) is 0 Å². The summed E-state index contributed by atoms with van der Waals surface area (Å²) >= 11 is 1.55. The maximum Gasteiger partial charge on any atom is 0.234 e. The Hall–Kier alpha value is -1.01. The first kappa shape index (κ1) is 8.58. The number of nitrogens with two attached hydrogens (primary N) is 1. The Balaban J connectivity index is 2.20. The van der Waals surface area contributed by atoms with Gasteiger partial charge in [-0.25, -0.2) is 0 Å². The molecule has 0 spiro atoms. The van der Waals surface area contributed by atoms with E-state index >= 15 is 0 Å². The molecule has 2 rings (SSSR count). The lowest BCUT2D eigenvalue weighted by Crippen LogP contribution is -2.21. The van der Waals surface area contributed by atoms with Gasteiger partial charge in [0.1, 0.15) is 11.3 Å². The van der Waals surface area contributed by atoms with Gasteiger partial charge >= 0.3 is 0 Å². The number of nitrogens with zero attached hydrogens (tertiary/aromatic N) is 4. The summed E-state index contributed by atoms with van der Waals surface area (Å²) in [7, 11) is 0. The van der Waals surface area contributed by atoms with Crippen LogP contribution in [0.2, 0.25) is 0 Å². The molecule has 5 nitrogen and oxygen atoms in total. The number of fused-ring (bicyclic) bond motifs is 1. The Labute approximate surface area is 79.6 Å². The predicted molar refractivity (Wildman–Crippen MR) is 50.6 cm³/mol. The van der Waals surface area contributed by atoms with Gasteiger partial charge in [0.05, 0.1) is 0 Å².